The largest absolute Gasteiger partial charge is 0.472 e. The first kappa shape index (κ1) is 27.4. The van der Waals surface area contributed by atoms with Crippen LogP contribution in [0.15, 0.2) is 102 Å². The van der Waals surface area contributed by atoms with Gasteiger partial charge in [-0.25, -0.2) is 4.68 Å². The first-order valence-corrected chi connectivity index (χ1v) is 12.7. The quantitative estimate of drug-likeness (QED) is 0.221. The minimum atomic E-state index is -4.39. The van der Waals surface area contributed by atoms with Crippen molar-refractivity contribution in [1.82, 2.24) is 15.1 Å². The number of hydrogen-bond donors (Lipinski definition) is 2. The van der Waals surface area contributed by atoms with Crippen molar-refractivity contribution >= 4 is 17.5 Å². The van der Waals surface area contributed by atoms with Crippen molar-refractivity contribution in [2.24, 2.45) is 0 Å². The molecule has 2 amide bonds. The molecule has 41 heavy (non-hydrogen) atoms. The summed E-state index contributed by atoms with van der Waals surface area (Å²) < 4.78 is 45.6. The molecule has 0 bridgehead atoms. The van der Waals surface area contributed by atoms with E-state index in [2.05, 4.69) is 10.6 Å². The van der Waals surface area contributed by atoms with E-state index in [1.807, 2.05) is 42.5 Å². The van der Waals surface area contributed by atoms with Crippen LogP contribution in [-0.4, -0.2) is 28.6 Å². The van der Waals surface area contributed by atoms with Crippen molar-refractivity contribution in [2.45, 2.75) is 19.0 Å². The summed E-state index contributed by atoms with van der Waals surface area (Å²) in [6.45, 7) is 0. The number of aromatic nitrogens is 2. The lowest BCUT2D eigenvalue weighted by atomic mass is 10.0. The number of carbonyl (C=O) groups is 2. The molecule has 5 rings (SSSR count). The molecule has 10 heteroatoms. The first-order chi connectivity index (χ1) is 19.7. The van der Waals surface area contributed by atoms with E-state index in [1.54, 1.807) is 29.9 Å². The summed E-state index contributed by atoms with van der Waals surface area (Å²) in [5.74, 6) is -0.393. The molecule has 0 radical (unpaired) electrons. The van der Waals surface area contributed by atoms with Crippen LogP contribution in [0.4, 0.5) is 18.9 Å². The summed E-state index contributed by atoms with van der Waals surface area (Å²) in [5, 5.41) is 10.2. The van der Waals surface area contributed by atoms with E-state index in [1.165, 1.54) is 24.7 Å². The van der Waals surface area contributed by atoms with Crippen LogP contribution in [0.1, 0.15) is 28.0 Å². The maximum Gasteiger partial charge on any atom is 0.416 e. The van der Waals surface area contributed by atoms with Gasteiger partial charge in [-0.1, -0.05) is 36.4 Å². The van der Waals surface area contributed by atoms with E-state index in [9.17, 15) is 22.8 Å². The van der Waals surface area contributed by atoms with E-state index in [4.69, 9.17) is 9.52 Å². The number of rotatable bonds is 8. The fraction of sp³-hybridized carbons (Fsp3) is 0.129. The predicted octanol–water partition coefficient (Wildman–Crippen LogP) is 6.75. The van der Waals surface area contributed by atoms with Gasteiger partial charge in [-0.05, 0) is 59.7 Å². The average molecular weight is 559 g/mol. The molecule has 0 spiro atoms. The summed E-state index contributed by atoms with van der Waals surface area (Å²) >= 11 is 0. The van der Waals surface area contributed by atoms with Crippen LogP contribution in [0.5, 0.6) is 0 Å². The summed E-state index contributed by atoms with van der Waals surface area (Å²) in [5.41, 5.74) is 4.79. The van der Waals surface area contributed by atoms with Gasteiger partial charge in [0.25, 0.3) is 5.91 Å². The van der Waals surface area contributed by atoms with Gasteiger partial charge in [-0.2, -0.15) is 18.3 Å². The predicted molar refractivity (Wildman–Crippen MR) is 148 cm³/mol. The fourth-order valence-electron chi connectivity index (χ4n) is 4.29. The normalized spacial score (nSPS) is 11.3. The van der Waals surface area contributed by atoms with Gasteiger partial charge < -0.3 is 15.1 Å². The minimum Gasteiger partial charge on any atom is -0.472 e. The molecule has 0 unspecified atom stereocenters. The van der Waals surface area contributed by atoms with Gasteiger partial charge in [0.1, 0.15) is 6.26 Å². The topological polar surface area (TPSA) is 89.2 Å². The SMILES string of the molecule is CNC(=O)CCc1cc(-c2ccc(-c3ccc(C(F)(F)F)cc3)cc2)n(-c2ccc(NC(=O)c3ccoc3)cc2)n1. The van der Waals surface area contributed by atoms with Crippen molar-refractivity contribution in [2.75, 3.05) is 12.4 Å². The van der Waals surface area contributed by atoms with Crippen LogP contribution < -0.4 is 10.6 Å². The third-order valence-corrected chi connectivity index (χ3v) is 6.53. The van der Waals surface area contributed by atoms with Crippen LogP contribution in [0.3, 0.4) is 0 Å². The lowest BCUT2D eigenvalue weighted by Gasteiger charge is -2.11. The highest BCUT2D eigenvalue weighted by molar-refractivity contribution is 6.04. The van der Waals surface area contributed by atoms with E-state index >= 15 is 0 Å². The summed E-state index contributed by atoms with van der Waals surface area (Å²) in [4.78, 5) is 24.2. The van der Waals surface area contributed by atoms with Crippen molar-refractivity contribution in [1.29, 1.82) is 0 Å². The van der Waals surface area contributed by atoms with Crippen LogP contribution in [0.2, 0.25) is 0 Å². The third-order valence-electron chi connectivity index (χ3n) is 6.53. The molecule has 0 fully saturated rings. The van der Waals surface area contributed by atoms with E-state index in [0.717, 1.165) is 34.6 Å². The Bertz CT molecular complexity index is 1640. The molecule has 0 saturated carbocycles. The van der Waals surface area contributed by atoms with Gasteiger partial charge in [0.05, 0.1) is 34.5 Å². The number of aryl methyl sites for hydroxylation is 1. The van der Waals surface area contributed by atoms with Crippen molar-refractivity contribution < 1.29 is 27.2 Å². The van der Waals surface area contributed by atoms with Gasteiger partial charge >= 0.3 is 6.18 Å². The third kappa shape index (κ3) is 6.38. The van der Waals surface area contributed by atoms with Gasteiger partial charge in [0.15, 0.2) is 0 Å². The molecule has 0 saturated heterocycles. The summed E-state index contributed by atoms with van der Waals surface area (Å²) in [7, 11) is 1.58. The number of alkyl halides is 3. The summed E-state index contributed by atoms with van der Waals surface area (Å²) in [6, 6.07) is 23.1. The first-order valence-electron chi connectivity index (χ1n) is 12.7. The highest BCUT2D eigenvalue weighted by Crippen LogP contribution is 2.32. The van der Waals surface area contributed by atoms with E-state index < -0.39 is 11.7 Å². The zero-order valence-electron chi connectivity index (χ0n) is 21.9. The van der Waals surface area contributed by atoms with Crippen molar-refractivity contribution in [3.63, 3.8) is 0 Å². The smallest absolute Gasteiger partial charge is 0.416 e. The van der Waals surface area contributed by atoms with Crippen molar-refractivity contribution in [3.05, 3.63) is 114 Å². The molecule has 5 aromatic rings. The molecule has 2 aromatic heterocycles. The molecule has 2 heterocycles. The van der Waals surface area contributed by atoms with Crippen molar-refractivity contribution in [3.8, 4) is 28.1 Å². The molecule has 0 aliphatic heterocycles. The number of halogens is 3. The van der Waals surface area contributed by atoms with Crippen LogP contribution in [-0.2, 0) is 17.4 Å². The molecular formula is C31H25F3N4O3. The monoisotopic (exact) mass is 558 g/mol. The highest BCUT2D eigenvalue weighted by atomic mass is 19.4. The molecular weight excluding hydrogens is 533 g/mol. The molecule has 0 aliphatic rings. The zero-order chi connectivity index (χ0) is 29.0. The molecule has 208 valence electrons. The molecule has 3 aromatic carbocycles. The van der Waals surface area contributed by atoms with E-state index in [0.29, 0.717) is 28.9 Å². The molecule has 0 aliphatic carbocycles. The second-order valence-corrected chi connectivity index (χ2v) is 9.27. The number of furan rings is 1. The zero-order valence-corrected chi connectivity index (χ0v) is 21.9. The number of anilines is 1. The fourth-order valence-corrected chi connectivity index (χ4v) is 4.29. The Balaban J connectivity index is 1.42. The molecule has 2 N–H and O–H groups in total. The van der Waals surface area contributed by atoms with Crippen LogP contribution in [0.25, 0.3) is 28.1 Å². The molecule has 7 nitrogen and oxygen atoms in total. The minimum absolute atomic E-state index is 0.0975. The Hall–Kier alpha value is -5.12. The Morgan fingerprint density at radius 2 is 1.51 bits per heavy atom. The number of carbonyl (C=O) groups excluding carboxylic acids is 2. The van der Waals surface area contributed by atoms with Gasteiger partial charge in [-0.15, -0.1) is 0 Å². The average Bonchev–Trinajstić information content (AvgIpc) is 3.67. The highest BCUT2D eigenvalue weighted by Gasteiger charge is 2.30. The molecule has 0 atom stereocenters. The number of nitrogens with one attached hydrogen (secondary N) is 2. The Kier molecular flexibility index (Phi) is 7.73. The second kappa shape index (κ2) is 11.5. The van der Waals surface area contributed by atoms with Gasteiger partial charge in [0, 0.05) is 31.1 Å². The Morgan fingerprint density at radius 3 is 2.10 bits per heavy atom. The van der Waals surface area contributed by atoms with Crippen LogP contribution in [0, 0.1) is 0 Å². The lowest BCUT2D eigenvalue weighted by Crippen LogP contribution is -2.18. The second-order valence-electron chi connectivity index (χ2n) is 9.27. The summed E-state index contributed by atoms with van der Waals surface area (Å²) in [6.07, 6.45) is -0.890. The maximum absolute atomic E-state index is 12.9. The Labute approximate surface area is 233 Å². The van der Waals surface area contributed by atoms with Gasteiger partial charge in [-0.3, -0.25) is 9.59 Å². The Morgan fingerprint density at radius 1 is 0.878 bits per heavy atom. The van der Waals surface area contributed by atoms with E-state index in [-0.39, 0.29) is 18.2 Å². The van der Waals surface area contributed by atoms with Gasteiger partial charge in [0.2, 0.25) is 5.91 Å². The number of amides is 2. The standard InChI is InChI=1S/C31H25F3N4O3/c1-35-29(39)15-12-26-18-28(22-4-2-20(3-5-22)21-6-8-24(9-7-21)31(32,33)34)38(37-26)27-13-10-25(11-14-27)36-30(40)23-16-17-41-19-23/h2-11,13-14,16-19H,12,15H2,1H3,(H,35,39)(H,36,40). The maximum atomic E-state index is 12.9. The van der Waals surface area contributed by atoms with Crippen LogP contribution >= 0.6 is 0 Å². The lowest BCUT2D eigenvalue weighted by molar-refractivity contribution is -0.137. The number of nitrogens with zero attached hydrogens (tertiary/aromatic N) is 2. The number of hydrogen-bond acceptors (Lipinski definition) is 4. The number of benzene rings is 3.